The van der Waals surface area contributed by atoms with E-state index in [1.165, 1.54) is 16.6 Å². The van der Waals surface area contributed by atoms with E-state index in [0.717, 1.165) is 18.2 Å². The normalized spacial score (nSPS) is 15.8. The molecule has 1 aliphatic rings. The van der Waals surface area contributed by atoms with Gasteiger partial charge in [-0.15, -0.1) is 0 Å². The molecule has 0 aliphatic carbocycles. The summed E-state index contributed by atoms with van der Waals surface area (Å²) < 4.78 is 7.68. The van der Waals surface area contributed by atoms with Crippen LogP contribution in [0.15, 0.2) is 24.3 Å². The molecule has 2 aromatic rings. The Balaban J connectivity index is 2.32. The molecule has 3 heteroatoms. The van der Waals surface area contributed by atoms with Crippen molar-refractivity contribution in [1.29, 1.82) is 0 Å². The second kappa shape index (κ2) is 3.01. The largest absolute Gasteiger partial charge is 0.373 e. The van der Waals surface area contributed by atoms with Gasteiger partial charge in [0, 0.05) is 28.2 Å². The van der Waals surface area contributed by atoms with Gasteiger partial charge < -0.3 is 9.30 Å². The van der Waals surface area contributed by atoms with Gasteiger partial charge in [-0.05, 0) is 18.2 Å². The summed E-state index contributed by atoms with van der Waals surface area (Å²) in [7, 11) is 0. The third kappa shape index (κ3) is 1.15. The molecule has 0 bridgehead atoms. The van der Waals surface area contributed by atoms with Crippen molar-refractivity contribution < 1.29 is 4.74 Å². The summed E-state index contributed by atoms with van der Waals surface area (Å²) in [5.41, 5.74) is 2.46. The summed E-state index contributed by atoms with van der Waals surface area (Å²) in [5, 5.41) is 2.04. The van der Waals surface area contributed by atoms with Crippen LogP contribution in [0.25, 0.3) is 10.9 Å². The van der Waals surface area contributed by atoms with Crippen LogP contribution in [0.1, 0.15) is 5.69 Å². The number of rotatable bonds is 0. The molecule has 72 valence electrons. The number of nitrogens with zero attached hydrogens (tertiary/aromatic N) is 1. The average molecular weight is 208 g/mol. The van der Waals surface area contributed by atoms with E-state index >= 15 is 0 Å². The molecular weight excluding hydrogens is 198 g/mol. The summed E-state index contributed by atoms with van der Waals surface area (Å²) >= 11 is 5.97. The van der Waals surface area contributed by atoms with Crippen LogP contribution in [0.4, 0.5) is 0 Å². The fourth-order valence-corrected chi connectivity index (χ4v) is 2.17. The standard InChI is InChI=1S/C11H10ClNO/c12-9-2-1-8-5-10-7-14-4-3-13(10)11(8)6-9/h1-2,5-6H,3-4,7H2. The number of hydrogen-bond acceptors (Lipinski definition) is 1. The minimum atomic E-state index is 0.715. The lowest BCUT2D eigenvalue weighted by Crippen LogP contribution is -2.15. The fourth-order valence-electron chi connectivity index (χ4n) is 2.00. The molecule has 0 fully saturated rings. The Hall–Kier alpha value is -0.990. The average Bonchev–Trinajstić information content (AvgIpc) is 2.56. The first-order valence-corrected chi connectivity index (χ1v) is 5.08. The van der Waals surface area contributed by atoms with Crippen molar-refractivity contribution in [3.05, 3.63) is 35.0 Å². The van der Waals surface area contributed by atoms with Crippen molar-refractivity contribution in [1.82, 2.24) is 4.57 Å². The molecule has 0 radical (unpaired) electrons. The molecule has 0 atom stereocenters. The molecule has 0 N–H and O–H groups in total. The van der Waals surface area contributed by atoms with Gasteiger partial charge in [-0.2, -0.15) is 0 Å². The molecule has 1 aromatic heterocycles. The molecule has 0 saturated heterocycles. The zero-order valence-corrected chi connectivity index (χ0v) is 8.42. The highest BCUT2D eigenvalue weighted by Crippen LogP contribution is 2.25. The van der Waals surface area contributed by atoms with Crippen LogP contribution in [0.3, 0.4) is 0 Å². The molecule has 1 aromatic carbocycles. The molecular formula is C11H10ClNO. The number of ether oxygens (including phenoxy) is 1. The van der Waals surface area contributed by atoms with Crippen molar-refractivity contribution in [2.45, 2.75) is 13.2 Å². The minimum Gasteiger partial charge on any atom is -0.373 e. The Morgan fingerprint density at radius 2 is 2.21 bits per heavy atom. The Kier molecular flexibility index (Phi) is 1.79. The van der Waals surface area contributed by atoms with E-state index in [4.69, 9.17) is 16.3 Å². The minimum absolute atomic E-state index is 0.715. The van der Waals surface area contributed by atoms with Gasteiger partial charge >= 0.3 is 0 Å². The van der Waals surface area contributed by atoms with Crippen molar-refractivity contribution >= 4 is 22.5 Å². The van der Waals surface area contributed by atoms with E-state index in [9.17, 15) is 0 Å². The van der Waals surface area contributed by atoms with Crippen LogP contribution in [0.2, 0.25) is 5.02 Å². The predicted molar refractivity (Wildman–Crippen MR) is 56.6 cm³/mol. The maximum atomic E-state index is 5.97. The summed E-state index contributed by atoms with van der Waals surface area (Å²) in [6.07, 6.45) is 0. The van der Waals surface area contributed by atoms with Crippen LogP contribution >= 0.6 is 11.6 Å². The number of fused-ring (bicyclic) bond motifs is 3. The highest BCUT2D eigenvalue weighted by Gasteiger charge is 2.12. The summed E-state index contributed by atoms with van der Waals surface area (Å²) in [6, 6.07) is 8.18. The number of halogens is 1. The van der Waals surface area contributed by atoms with E-state index in [-0.39, 0.29) is 0 Å². The van der Waals surface area contributed by atoms with Crippen LogP contribution in [-0.4, -0.2) is 11.2 Å². The lowest BCUT2D eigenvalue weighted by molar-refractivity contribution is 0.0865. The third-order valence-electron chi connectivity index (χ3n) is 2.66. The molecule has 1 aliphatic heterocycles. The lowest BCUT2D eigenvalue weighted by atomic mass is 10.2. The van der Waals surface area contributed by atoms with Gasteiger partial charge in [-0.1, -0.05) is 17.7 Å². The van der Waals surface area contributed by atoms with Crippen LogP contribution in [0, 0.1) is 0 Å². The van der Waals surface area contributed by atoms with E-state index in [2.05, 4.69) is 16.7 Å². The first-order valence-electron chi connectivity index (χ1n) is 4.70. The Bertz CT molecular complexity index is 489. The molecule has 0 amide bonds. The quantitative estimate of drug-likeness (QED) is 0.648. The molecule has 2 heterocycles. The van der Waals surface area contributed by atoms with Crippen molar-refractivity contribution in [2.24, 2.45) is 0 Å². The van der Waals surface area contributed by atoms with Gasteiger partial charge in [0.05, 0.1) is 13.2 Å². The van der Waals surface area contributed by atoms with Gasteiger partial charge in [0.15, 0.2) is 0 Å². The summed E-state index contributed by atoms with van der Waals surface area (Å²) in [4.78, 5) is 0. The van der Waals surface area contributed by atoms with Crippen molar-refractivity contribution in [2.75, 3.05) is 6.61 Å². The monoisotopic (exact) mass is 207 g/mol. The van der Waals surface area contributed by atoms with E-state index in [1.54, 1.807) is 0 Å². The second-order valence-electron chi connectivity index (χ2n) is 3.54. The second-order valence-corrected chi connectivity index (χ2v) is 3.98. The summed E-state index contributed by atoms with van der Waals surface area (Å²) in [6.45, 7) is 2.44. The Labute approximate surface area is 87.0 Å². The van der Waals surface area contributed by atoms with Gasteiger partial charge in [0.25, 0.3) is 0 Å². The molecule has 0 saturated carbocycles. The van der Waals surface area contributed by atoms with E-state index in [1.807, 2.05) is 12.1 Å². The van der Waals surface area contributed by atoms with Gasteiger partial charge in [0.1, 0.15) is 0 Å². The van der Waals surface area contributed by atoms with Gasteiger partial charge in [-0.3, -0.25) is 0 Å². The van der Waals surface area contributed by atoms with E-state index < -0.39 is 0 Å². The first-order chi connectivity index (χ1) is 6.84. The predicted octanol–water partition coefficient (Wildman–Crippen LogP) is 2.82. The van der Waals surface area contributed by atoms with Crippen LogP contribution in [-0.2, 0) is 17.9 Å². The Morgan fingerprint density at radius 1 is 1.29 bits per heavy atom. The van der Waals surface area contributed by atoms with Gasteiger partial charge in [-0.25, -0.2) is 0 Å². The molecule has 2 nitrogen and oxygen atoms in total. The van der Waals surface area contributed by atoms with Crippen LogP contribution < -0.4 is 0 Å². The maximum Gasteiger partial charge on any atom is 0.0869 e. The number of aromatic nitrogens is 1. The zero-order valence-electron chi connectivity index (χ0n) is 7.66. The number of benzene rings is 1. The fraction of sp³-hybridized carbons (Fsp3) is 0.273. The van der Waals surface area contributed by atoms with E-state index in [0.29, 0.717) is 6.61 Å². The molecule has 3 rings (SSSR count). The molecule has 0 unspecified atom stereocenters. The Morgan fingerprint density at radius 3 is 3.14 bits per heavy atom. The highest BCUT2D eigenvalue weighted by molar-refractivity contribution is 6.31. The zero-order chi connectivity index (χ0) is 9.54. The van der Waals surface area contributed by atoms with Crippen molar-refractivity contribution in [3.8, 4) is 0 Å². The molecule has 0 spiro atoms. The van der Waals surface area contributed by atoms with Crippen LogP contribution in [0.5, 0.6) is 0 Å². The molecule has 14 heavy (non-hydrogen) atoms. The van der Waals surface area contributed by atoms with Gasteiger partial charge in [0.2, 0.25) is 0 Å². The number of hydrogen-bond donors (Lipinski definition) is 0. The summed E-state index contributed by atoms with van der Waals surface area (Å²) in [5.74, 6) is 0. The van der Waals surface area contributed by atoms with Crippen molar-refractivity contribution in [3.63, 3.8) is 0 Å². The topological polar surface area (TPSA) is 14.2 Å². The third-order valence-corrected chi connectivity index (χ3v) is 2.90. The highest BCUT2D eigenvalue weighted by atomic mass is 35.5. The lowest BCUT2D eigenvalue weighted by Gasteiger charge is -2.16. The smallest absolute Gasteiger partial charge is 0.0869 e. The SMILES string of the molecule is Clc1ccc2cc3n(c2c1)CCOC3. The first kappa shape index (κ1) is 8.33. The maximum absolute atomic E-state index is 5.97.